The minimum atomic E-state index is -0.263. The molecule has 0 aromatic carbocycles. The van der Waals surface area contributed by atoms with Crippen LogP contribution < -0.4 is 14.8 Å². The number of nitrogens with zero attached hydrogens (tertiary/aromatic N) is 2. The monoisotopic (exact) mass is 229 g/mol. The fraction of sp³-hybridized carbons (Fsp3) is 0.375. The number of rotatable bonds is 4. The summed E-state index contributed by atoms with van der Waals surface area (Å²) in [7, 11) is 2.89. The van der Waals surface area contributed by atoms with Gasteiger partial charge in [-0.1, -0.05) is 0 Å². The summed E-state index contributed by atoms with van der Waals surface area (Å²) in [4.78, 5) is 18.8. The zero-order valence-corrected chi connectivity index (χ0v) is 9.25. The lowest BCUT2D eigenvalue weighted by atomic mass is 10.5. The number of thiol groups is 1. The molecule has 0 aliphatic heterocycles. The zero-order chi connectivity index (χ0) is 11.3. The van der Waals surface area contributed by atoms with E-state index in [1.165, 1.54) is 20.3 Å². The Hall–Kier alpha value is -1.50. The summed E-state index contributed by atoms with van der Waals surface area (Å²) in [6.07, 6.45) is 0. The molecule has 1 rings (SSSR count). The molecule has 0 aliphatic carbocycles. The van der Waals surface area contributed by atoms with Gasteiger partial charge in [0.05, 0.1) is 20.0 Å². The fourth-order valence-electron chi connectivity index (χ4n) is 0.846. The van der Waals surface area contributed by atoms with Crippen molar-refractivity contribution >= 4 is 24.4 Å². The van der Waals surface area contributed by atoms with E-state index in [-0.39, 0.29) is 17.7 Å². The van der Waals surface area contributed by atoms with E-state index in [1.54, 1.807) is 0 Å². The van der Waals surface area contributed by atoms with Crippen molar-refractivity contribution in [1.29, 1.82) is 0 Å². The van der Waals surface area contributed by atoms with Gasteiger partial charge >= 0.3 is 6.01 Å². The third-order valence-electron chi connectivity index (χ3n) is 1.48. The Morgan fingerprint density at radius 2 is 2.20 bits per heavy atom. The Bertz CT molecular complexity index is 337. The van der Waals surface area contributed by atoms with Gasteiger partial charge in [-0.15, -0.1) is 0 Å². The summed E-state index contributed by atoms with van der Waals surface area (Å²) < 4.78 is 9.75. The number of hydrogen-bond donors (Lipinski definition) is 2. The van der Waals surface area contributed by atoms with Crippen LogP contribution in [0, 0.1) is 0 Å². The van der Waals surface area contributed by atoms with E-state index in [0.717, 1.165) is 0 Å². The van der Waals surface area contributed by atoms with Crippen LogP contribution >= 0.6 is 12.6 Å². The van der Waals surface area contributed by atoms with Crippen LogP contribution in [-0.4, -0.2) is 35.8 Å². The summed E-state index contributed by atoms with van der Waals surface area (Å²) >= 11 is 3.83. The van der Waals surface area contributed by atoms with E-state index in [2.05, 4.69) is 27.9 Å². The van der Waals surface area contributed by atoms with Gasteiger partial charge in [0.15, 0.2) is 0 Å². The van der Waals surface area contributed by atoms with Crippen LogP contribution in [0.2, 0.25) is 0 Å². The van der Waals surface area contributed by atoms with Gasteiger partial charge in [-0.2, -0.15) is 22.6 Å². The van der Waals surface area contributed by atoms with Gasteiger partial charge < -0.3 is 14.8 Å². The van der Waals surface area contributed by atoms with E-state index >= 15 is 0 Å². The molecular formula is C8H11N3O3S. The molecule has 6 nitrogen and oxygen atoms in total. The lowest BCUT2D eigenvalue weighted by Gasteiger charge is -2.06. The average Bonchev–Trinajstić information content (AvgIpc) is 2.28. The van der Waals surface area contributed by atoms with E-state index in [9.17, 15) is 4.79 Å². The third-order valence-corrected chi connectivity index (χ3v) is 1.77. The highest BCUT2D eigenvalue weighted by atomic mass is 32.1. The number of carbonyl (C=O) groups excluding carboxylic acids is 1. The summed E-state index contributed by atoms with van der Waals surface area (Å²) in [6.45, 7) is 0. The number of ether oxygens (including phenoxy) is 2. The molecule has 1 aromatic heterocycles. The predicted octanol–water partition coefficient (Wildman–Crippen LogP) is 0.362. The molecule has 0 bridgehead atoms. The Morgan fingerprint density at radius 3 is 2.73 bits per heavy atom. The second kappa shape index (κ2) is 5.40. The minimum absolute atomic E-state index is 0.0780. The lowest BCUT2D eigenvalue weighted by molar-refractivity contribution is -0.113. The maximum absolute atomic E-state index is 11.1. The Labute approximate surface area is 92.4 Å². The predicted molar refractivity (Wildman–Crippen MR) is 57.6 cm³/mol. The van der Waals surface area contributed by atoms with Crippen molar-refractivity contribution in [1.82, 2.24) is 9.97 Å². The SMILES string of the molecule is COc1cc(NC(=O)CS)nc(OC)n1. The van der Waals surface area contributed by atoms with E-state index in [4.69, 9.17) is 9.47 Å². The molecule has 1 N–H and O–H groups in total. The molecule has 1 amide bonds. The minimum Gasteiger partial charge on any atom is -0.481 e. The topological polar surface area (TPSA) is 73.3 Å². The number of methoxy groups -OCH3 is 2. The second-order valence-corrected chi connectivity index (χ2v) is 2.80. The lowest BCUT2D eigenvalue weighted by Crippen LogP contribution is -2.14. The molecule has 15 heavy (non-hydrogen) atoms. The van der Waals surface area contributed by atoms with Gasteiger partial charge in [0.2, 0.25) is 11.8 Å². The van der Waals surface area contributed by atoms with Crippen molar-refractivity contribution in [3.05, 3.63) is 6.07 Å². The second-order valence-electron chi connectivity index (χ2n) is 2.49. The molecule has 82 valence electrons. The highest BCUT2D eigenvalue weighted by molar-refractivity contribution is 7.81. The quantitative estimate of drug-likeness (QED) is 0.729. The van der Waals surface area contributed by atoms with Crippen LogP contribution in [0.4, 0.5) is 5.82 Å². The molecule has 1 aromatic rings. The first kappa shape index (κ1) is 11.6. The number of nitrogens with one attached hydrogen (secondary N) is 1. The summed E-state index contributed by atoms with van der Waals surface area (Å²) in [6, 6.07) is 1.62. The first-order valence-corrected chi connectivity index (χ1v) is 4.70. The Kier molecular flexibility index (Phi) is 4.17. The first-order chi connectivity index (χ1) is 7.19. The number of aromatic nitrogens is 2. The molecule has 0 fully saturated rings. The molecular weight excluding hydrogens is 218 g/mol. The maximum atomic E-state index is 11.1. The van der Waals surface area contributed by atoms with Crippen LogP contribution in [-0.2, 0) is 4.79 Å². The highest BCUT2D eigenvalue weighted by Gasteiger charge is 2.07. The summed E-state index contributed by atoms with van der Waals surface area (Å²) in [5, 5.41) is 2.51. The van der Waals surface area contributed by atoms with Gasteiger partial charge in [-0.25, -0.2) is 0 Å². The molecule has 1 heterocycles. The summed E-state index contributed by atoms with van der Waals surface area (Å²) in [5.74, 6) is 0.449. The molecule has 0 radical (unpaired) electrons. The highest BCUT2D eigenvalue weighted by Crippen LogP contribution is 2.16. The first-order valence-electron chi connectivity index (χ1n) is 4.07. The van der Waals surface area contributed by atoms with E-state index < -0.39 is 0 Å². The molecule has 7 heteroatoms. The number of carbonyl (C=O) groups is 1. The molecule has 0 saturated carbocycles. The van der Waals surface area contributed by atoms with Crippen molar-refractivity contribution in [2.45, 2.75) is 0 Å². The molecule has 0 atom stereocenters. The number of anilines is 1. The van der Waals surface area contributed by atoms with Gasteiger partial charge in [0, 0.05) is 6.07 Å². The van der Waals surface area contributed by atoms with Crippen LogP contribution in [0.1, 0.15) is 0 Å². The van der Waals surface area contributed by atoms with Gasteiger partial charge in [-0.05, 0) is 0 Å². The molecule has 0 spiro atoms. The Morgan fingerprint density at radius 1 is 1.47 bits per heavy atom. The standard InChI is InChI=1S/C8H11N3O3S/c1-13-7-3-5(9-6(12)4-15)10-8(11-7)14-2/h3,15H,4H2,1-2H3,(H,9,10,11,12). The average molecular weight is 229 g/mol. The van der Waals surface area contributed by atoms with Gasteiger partial charge in [0.25, 0.3) is 0 Å². The van der Waals surface area contributed by atoms with Crippen molar-refractivity contribution in [3.63, 3.8) is 0 Å². The largest absolute Gasteiger partial charge is 0.481 e. The third kappa shape index (κ3) is 3.28. The maximum Gasteiger partial charge on any atom is 0.321 e. The van der Waals surface area contributed by atoms with E-state index in [0.29, 0.717) is 11.7 Å². The summed E-state index contributed by atoms with van der Waals surface area (Å²) in [5.41, 5.74) is 0. The van der Waals surface area contributed by atoms with E-state index in [1.807, 2.05) is 0 Å². The zero-order valence-electron chi connectivity index (χ0n) is 8.35. The van der Waals surface area contributed by atoms with Crippen molar-refractivity contribution in [2.24, 2.45) is 0 Å². The normalized spacial score (nSPS) is 9.53. The smallest absolute Gasteiger partial charge is 0.321 e. The fourth-order valence-corrected chi connectivity index (χ4v) is 0.925. The molecule has 0 saturated heterocycles. The van der Waals surface area contributed by atoms with Crippen LogP contribution in [0.15, 0.2) is 6.07 Å². The van der Waals surface area contributed by atoms with Crippen LogP contribution in [0.25, 0.3) is 0 Å². The Balaban J connectivity index is 2.91. The van der Waals surface area contributed by atoms with Gasteiger partial charge in [0.1, 0.15) is 5.82 Å². The van der Waals surface area contributed by atoms with Crippen molar-refractivity contribution in [2.75, 3.05) is 25.3 Å². The molecule has 0 unspecified atom stereocenters. The van der Waals surface area contributed by atoms with Crippen molar-refractivity contribution < 1.29 is 14.3 Å². The van der Waals surface area contributed by atoms with Gasteiger partial charge in [-0.3, -0.25) is 4.79 Å². The number of amides is 1. The molecule has 0 aliphatic rings. The van der Waals surface area contributed by atoms with Crippen LogP contribution in [0.5, 0.6) is 11.9 Å². The number of hydrogen-bond acceptors (Lipinski definition) is 6. The van der Waals surface area contributed by atoms with Crippen molar-refractivity contribution in [3.8, 4) is 11.9 Å². The van der Waals surface area contributed by atoms with Crippen LogP contribution in [0.3, 0.4) is 0 Å².